The number of aryl methyl sites for hydroxylation is 1. The van der Waals surface area contributed by atoms with E-state index in [9.17, 15) is 5.11 Å². The van der Waals surface area contributed by atoms with Crippen LogP contribution in [0.1, 0.15) is 12.5 Å². The van der Waals surface area contributed by atoms with Crippen LogP contribution in [0, 0.1) is 0 Å². The van der Waals surface area contributed by atoms with Gasteiger partial charge in [0.2, 0.25) is 0 Å². The molecule has 0 saturated heterocycles. The highest BCUT2D eigenvalue weighted by molar-refractivity contribution is 5.81. The van der Waals surface area contributed by atoms with Gasteiger partial charge < -0.3 is 14.3 Å². The lowest BCUT2D eigenvalue weighted by Gasteiger charge is -2.09. The van der Waals surface area contributed by atoms with E-state index in [1.54, 1.807) is 18.2 Å². The Labute approximate surface area is 190 Å². The van der Waals surface area contributed by atoms with Gasteiger partial charge in [0.15, 0.2) is 11.5 Å². The normalized spacial score (nSPS) is 11.8. The molecule has 0 atom stereocenters. The predicted molar refractivity (Wildman–Crippen MR) is 130 cm³/mol. The number of hydrogen-bond donors (Lipinski definition) is 2. The Balaban J connectivity index is 1.64. The molecule has 6 heteroatoms. The summed E-state index contributed by atoms with van der Waals surface area (Å²) in [7, 11) is 1.52. The molecule has 0 aliphatic rings. The second-order valence-electron chi connectivity index (χ2n) is 7.68. The average Bonchev–Trinajstić information content (AvgIpc) is 2.87. The SMILES string of the molecule is CCc1ccc2oc(-c3ccc(O)c(OC)c3)cc(=NNc3ccc4ccccc4n3)c2c1. The van der Waals surface area contributed by atoms with Gasteiger partial charge in [-0.2, -0.15) is 5.10 Å². The number of phenols is 1. The van der Waals surface area contributed by atoms with Gasteiger partial charge in [-0.1, -0.05) is 31.2 Å². The summed E-state index contributed by atoms with van der Waals surface area (Å²) in [4.78, 5) is 4.64. The summed E-state index contributed by atoms with van der Waals surface area (Å²) in [6, 6.07) is 25.0. The molecule has 0 radical (unpaired) electrons. The topological polar surface area (TPSA) is 79.9 Å². The van der Waals surface area contributed by atoms with Crippen LogP contribution in [0.3, 0.4) is 0 Å². The van der Waals surface area contributed by atoms with Crippen molar-refractivity contribution < 1.29 is 14.3 Å². The number of para-hydroxylation sites is 1. The van der Waals surface area contributed by atoms with Crippen LogP contribution in [-0.2, 0) is 6.42 Å². The molecule has 2 N–H and O–H groups in total. The van der Waals surface area contributed by atoms with Gasteiger partial charge >= 0.3 is 0 Å². The van der Waals surface area contributed by atoms with Crippen molar-refractivity contribution >= 4 is 27.7 Å². The van der Waals surface area contributed by atoms with Gasteiger partial charge in [-0.3, -0.25) is 5.43 Å². The van der Waals surface area contributed by atoms with Crippen molar-refractivity contribution in [1.29, 1.82) is 0 Å². The fourth-order valence-electron chi connectivity index (χ4n) is 3.75. The molecule has 6 nitrogen and oxygen atoms in total. The standard InChI is InChI=1S/C27H23N3O3/c1-3-17-8-12-24-20(14-17)22(16-25(33-24)19-9-11-23(31)26(15-19)32-2)29-30-27-13-10-18-6-4-5-7-21(18)28-27/h4-16,31H,3H2,1-2H3,(H,28,30). The Morgan fingerprint density at radius 1 is 1.00 bits per heavy atom. The maximum absolute atomic E-state index is 9.96. The molecule has 164 valence electrons. The molecular formula is C27H23N3O3. The third kappa shape index (κ3) is 4.11. The van der Waals surface area contributed by atoms with Crippen LogP contribution < -0.4 is 15.5 Å². The van der Waals surface area contributed by atoms with E-state index < -0.39 is 0 Å². The zero-order valence-corrected chi connectivity index (χ0v) is 18.4. The number of methoxy groups -OCH3 is 1. The first-order chi connectivity index (χ1) is 16.1. The van der Waals surface area contributed by atoms with E-state index >= 15 is 0 Å². The van der Waals surface area contributed by atoms with Crippen molar-refractivity contribution in [3.05, 3.63) is 89.8 Å². The van der Waals surface area contributed by atoms with E-state index in [4.69, 9.17) is 9.15 Å². The number of aromatic nitrogens is 1. The van der Waals surface area contributed by atoms with Gasteiger partial charge in [0.25, 0.3) is 0 Å². The number of anilines is 1. The summed E-state index contributed by atoms with van der Waals surface area (Å²) in [5, 5.41) is 17.3. The molecule has 0 bridgehead atoms. The zero-order chi connectivity index (χ0) is 22.8. The van der Waals surface area contributed by atoms with Crippen molar-refractivity contribution in [1.82, 2.24) is 4.98 Å². The average molecular weight is 437 g/mol. The Morgan fingerprint density at radius 3 is 2.73 bits per heavy atom. The molecule has 0 fully saturated rings. The molecule has 0 aliphatic carbocycles. The summed E-state index contributed by atoms with van der Waals surface area (Å²) in [5.74, 6) is 1.71. The minimum Gasteiger partial charge on any atom is -0.504 e. The van der Waals surface area contributed by atoms with Gasteiger partial charge in [0.1, 0.15) is 17.2 Å². The Bertz CT molecular complexity index is 1540. The number of phenolic OH excluding ortho intramolecular Hbond substituents is 1. The van der Waals surface area contributed by atoms with Crippen molar-refractivity contribution in [3.8, 4) is 22.8 Å². The van der Waals surface area contributed by atoms with Crippen molar-refractivity contribution in [2.75, 3.05) is 12.5 Å². The third-order valence-electron chi connectivity index (χ3n) is 5.57. The van der Waals surface area contributed by atoms with E-state index in [1.807, 2.05) is 48.5 Å². The lowest BCUT2D eigenvalue weighted by Crippen LogP contribution is -2.08. The lowest BCUT2D eigenvalue weighted by molar-refractivity contribution is 0.373. The first-order valence-corrected chi connectivity index (χ1v) is 10.7. The van der Waals surface area contributed by atoms with Crippen LogP contribution in [0.4, 0.5) is 5.82 Å². The lowest BCUT2D eigenvalue weighted by atomic mass is 10.1. The largest absolute Gasteiger partial charge is 0.504 e. The number of hydrogen-bond acceptors (Lipinski definition) is 6. The first-order valence-electron chi connectivity index (χ1n) is 10.7. The Kier molecular flexibility index (Phi) is 5.40. The fourth-order valence-corrected chi connectivity index (χ4v) is 3.75. The number of nitrogens with one attached hydrogen (secondary N) is 1. The molecule has 2 heterocycles. The molecule has 33 heavy (non-hydrogen) atoms. The molecule has 0 unspecified atom stereocenters. The second-order valence-corrected chi connectivity index (χ2v) is 7.68. The number of pyridine rings is 1. The van der Waals surface area contributed by atoms with Gasteiger partial charge in [0, 0.05) is 22.4 Å². The van der Waals surface area contributed by atoms with E-state index in [0.717, 1.165) is 33.6 Å². The van der Waals surface area contributed by atoms with Crippen molar-refractivity contribution in [2.24, 2.45) is 5.10 Å². The van der Waals surface area contributed by atoms with E-state index in [-0.39, 0.29) is 5.75 Å². The van der Waals surface area contributed by atoms with Gasteiger partial charge in [-0.15, -0.1) is 0 Å². The van der Waals surface area contributed by atoms with E-state index in [0.29, 0.717) is 22.9 Å². The summed E-state index contributed by atoms with van der Waals surface area (Å²) in [5.41, 5.74) is 6.67. The summed E-state index contributed by atoms with van der Waals surface area (Å²) >= 11 is 0. The Morgan fingerprint density at radius 2 is 1.88 bits per heavy atom. The number of ether oxygens (including phenoxy) is 1. The van der Waals surface area contributed by atoms with Crippen molar-refractivity contribution in [2.45, 2.75) is 13.3 Å². The number of benzene rings is 3. The number of rotatable bonds is 5. The quantitative estimate of drug-likeness (QED) is 0.337. The zero-order valence-electron chi connectivity index (χ0n) is 18.4. The van der Waals surface area contributed by atoms with E-state index in [1.165, 1.54) is 12.7 Å². The summed E-state index contributed by atoms with van der Waals surface area (Å²) in [6.45, 7) is 2.11. The number of nitrogens with zero attached hydrogens (tertiary/aromatic N) is 2. The number of fused-ring (bicyclic) bond motifs is 2. The molecule has 3 aromatic carbocycles. The van der Waals surface area contributed by atoms with Gasteiger partial charge in [-0.25, -0.2) is 4.98 Å². The van der Waals surface area contributed by atoms with Crippen molar-refractivity contribution in [3.63, 3.8) is 0 Å². The van der Waals surface area contributed by atoms with Crippen LogP contribution in [0.25, 0.3) is 33.2 Å². The first kappa shape index (κ1) is 20.6. The molecule has 0 amide bonds. The fraction of sp³-hybridized carbons (Fsp3) is 0.111. The van der Waals surface area contributed by atoms with Crippen LogP contribution >= 0.6 is 0 Å². The van der Waals surface area contributed by atoms with Crippen LogP contribution in [0.2, 0.25) is 0 Å². The molecule has 2 aromatic heterocycles. The predicted octanol–water partition coefficient (Wildman–Crippen LogP) is 5.85. The molecule has 0 aliphatic heterocycles. The van der Waals surface area contributed by atoms with Crippen LogP contribution in [0.15, 0.2) is 88.4 Å². The number of aromatic hydroxyl groups is 1. The second kappa shape index (κ2) is 8.67. The minimum absolute atomic E-state index is 0.0728. The molecule has 0 spiro atoms. The van der Waals surface area contributed by atoms with Crippen LogP contribution in [0.5, 0.6) is 11.5 Å². The molecular weight excluding hydrogens is 414 g/mol. The van der Waals surface area contributed by atoms with Gasteiger partial charge in [-0.05, 0) is 60.5 Å². The smallest absolute Gasteiger partial charge is 0.161 e. The highest BCUT2D eigenvalue weighted by Gasteiger charge is 2.10. The Hall–Kier alpha value is -4.32. The highest BCUT2D eigenvalue weighted by Crippen LogP contribution is 2.32. The molecule has 5 aromatic rings. The maximum Gasteiger partial charge on any atom is 0.161 e. The third-order valence-corrected chi connectivity index (χ3v) is 5.57. The summed E-state index contributed by atoms with van der Waals surface area (Å²) < 4.78 is 11.5. The van der Waals surface area contributed by atoms with Crippen LogP contribution in [-0.4, -0.2) is 17.2 Å². The van der Waals surface area contributed by atoms with Gasteiger partial charge in [0.05, 0.1) is 18.0 Å². The van der Waals surface area contributed by atoms with E-state index in [2.05, 4.69) is 34.6 Å². The summed E-state index contributed by atoms with van der Waals surface area (Å²) in [6.07, 6.45) is 0.909. The monoisotopic (exact) mass is 437 g/mol. The molecule has 5 rings (SSSR count). The maximum atomic E-state index is 9.96. The molecule has 0 saturated carbocycles. The minimum atomic E-state index is 0.0728. The highest BCUT2D eigenvalue weighted by atomic mass is 16.5.